The van der Waals surface area contributed by atoms with E-state index in [1.807, 2.05) is 52.8 Å². The van der Waals surface area contributed by atoms with E-state index in [0.29, 0.717) is 22.6 Å². The van der Waals surface area contributed by atoms with Crippen LogP contribution in [0.1, 0.15) is 61.9 Å². The average molecular weight is 482 g/mol. The zero-order valence-electron chi connectivity index (χ0n) is 21.5. The Labute approximate surface area is 207 Å². The van der Waals surface area contributed by atoms with Gasteiger partial charge in [-0.3, -0.25) is 9.59 Å². The van der Waals surface area contributed by atoms with Gasteiger partial charge in [-0.15, -0.1) is 0 Å². The number of likely N-dealkylation sites (tertiary alicyclic amines) is 1. The Balaban J connectivity index is 2.21. The fourth-order valence-corrected chi connectivity index (χ4v) is 4.38. The molecular formula is C28H35NO6. The van der Waals surface area contributed by atoms with E-state index in [1.165, 1.54) is 4.90 Å². The SMILES string of the molecule is COc1cccc(C2/C(=C(\O)c3cc(C(C)C)c(OC)cc3C)C(=O)C(=O)N2CCOC(C)C)c1. The molecule has 0 bridgehead atoms. The molecule has 7 heteroatoms. The summed E-state index contributed by atoms with van der Waals surface area (Å²) in [4.78, 5) is 27.9. The second kappa shape index (κ2) is 11.0. The number of ether oxygens (including phenoxy) is 3. The number of aliphatic hydroxyl groups is 1. The van der Waals surface area contributed by atoms with Crippen molar-refractivity contribution < 1.29 is 28.9 Å². The maximum absolute atomic E-state index is 13.3. The van der Waals surface area contributed by atoms with E-state index in [0.717, 1.165) is 11.1 Å². The third kappa shape index (κ3) is 5.35. The number of benzene rings is 2. The van der Waals surface area contributed by atoms with Crippen LogP contribution in [-0.2, 0) is 14.3 Å². The van der Waals surface area contributed by atoms with Gasteiger partial charge < -0.3 is 24.2 Å². The molecule has 3 rings (SSSR count). The number of aliphatic hydroxyl groups excluding tert-OH is 1. The molecule has 0 spiro atoms. The lowest BCUT2D eigenvalue weighted by Gasteiger charge is -2.26. The van der Waals surface area contributed by atoms with Gasteiger partial charge in [-0.25, -0.2) is 0 Å². The van der Waals surface area contributed by atoms with Gasteiger partial charge in [-0.1, -0.05) is 26.0 Å². The van der Waals surface area contributed by atoms with Gasteiger partial charge in [0.15, 0.2) is 0 Å². The van der Waals surface area contributed by atoms with Crippen molar-refractivity contribution in [3.05, 3.63) is 64.2 Å². The average Bonchev–Trinajstić information content (AvgIpc) is 3.08. The van der Waals surface area contributed by atoms with Crippen molar-refractivity contribution in [1.29, 1.82) is 0 Å². The smallest absolute Gasteiger partial charge is 0.295 e. The van der Waals surface area contributed by atoms with Crippen molar-refractivity contribution in [3.8, 4) is 11.5 Å². The first-order valence-electron chi connectivity index (χ1n) is 11.8. The summed E-state index contributed by atoms with van der Waals surface area (Å²) < 4.78 is 16.6. The topological polar surface area (TPSA) is 85.3 Å². The van der Waals surface area contributed by atoms with Crippen molar-refractivity contribution >= 4 is 17.4 Å². The van der Waals surface area contributed by atoms with Crippen LogP contribution in [0.25, 0.3) is 5.76 Å². The molecule has 0 radical (unpaired) electrons. The Morgan fingerprint density at radius 2 is 1.77 bits per heavy atom. The highest BCUT2D eigenvalue weighted by molar-refractivity contribution is 6.46. The fraction of sp³-hybridized carbons (Fsp3) is 0.429. The van der Waals surface area contributed by atoms with Gasteiger partial charge in [0.1, 0.15) is 17.3 Å². The highest BCUT2D eigenvalue weighted by atomic mass is 16.5. The normalized spacial score (nSPS) is 17.5. The number of rotatable bonds is 9. The molecule has 1 N–H and O–H groups in total. The molecule has 0 aliphatic carbocycles. The van der Waals surface area contributed by atoms with Gasteiger partial charge in [0.05, 0.1) is 38.5 Å². The van der Waals surface area contributed by atoms with Crippen LogP contribution in [0.4, 0.5) is 0 Å². The van der Waals surface area contributed by atoms with E-state index in [1.54, 1.807) is 32.4 Å². The lowest BCUT2D eigenvalue weighted by atomic mass is 9.91. The van der Waals surface area contributed by atoms with E-state index in [4.69, 9.17) is 14.2 Å². The summed E-state index contributed by atoms with van der Waals surface area (Å²) in [6.07, 6.45) is -0.0153. The number of carbonyl (C=O) groups excluding carboxylic acids is 2. The molecule has 1 aliphatic heterocycles. The number of Topliss-reactive ketones (excluding diaryl/α,β-unsaturated/α-hetero) is 1. The molecule has 1 aliphatic rings. The predicted molar refractivity (Wildman–Crippen MR) is 135 cm³/mol. The number of aryl methyl sites for hydroxylation is 1. The van der Waals surface area contributed by atoms with E-state index in [2.05, 4.69) is 0 Å². The van der Waals surface area contributed by atoms with E-state index in [9.17, 15) is 14.7 Å². The van der Waals surface area contributed by atoms with Crippen LogP contribution >= 0.6 is 0 Å². The van der Waals surface area contributed by atoms with Crippen molar-refractivity contribution in [2.45, 2.75) is 52.7 Å². The molecule has 1 amide bonds. The maximum atomic E-state index is 13.3. The zero-order valence-corrected chi connectivity index (χ0v) is 21.5. The van der Waals surface area contributed by atoms with Gasteiger partial charge in [-0.05, 0) is 67.6 Å². The summed E-state index contributed by atoms with van der Waals surface area (Å²) in [5, 5.41) is 11.5. The number of amides is 1. The molecule has 0 aromatic heterocycles. The molecule has 1 atom stereocenters. The molecule has 7 nitrogen and oxygen atoms in total. The minimum atomic E-state index is -0.773. The third-order valence-corrected chi connectivity index (χ3v) is 6.19. The molecular weight excluding hydrogens is 446 g/mol. The van der Waals surface area contributed by atoms with E-state index in [-0.39, 0.29) is 36.5 Å². The first-order valence-corrected chi connectivity index (χ1v) is 11.8. The standard InChI is InChI=1S/C28H35NO6/c1-16(2)21-15-22(18(5)13-23(21)34-7)26(30)24-25(19-9-8-10-20(14-19)33-6)29(28(32)27(24)31)11-12-35-17(3)4/h8-10,13-17,25,30H,11-12H2,1-7H3/b26-24+. The number of nitrogens with zero attached hydrogens (tertiary/aromatic N) is 1. The Kier molecular flexibility index (Phi) is 8.22. The van der Waals surface area contributed by atoms with Crippen LogP contribution in [0.5, 0.6) is 11.5 Å². The highest BCUT2D eigenvalue weighted by Gasteiger charge is 2.46. The minimum absolute atomic E-state index is 0.0153. The zero-order chi connectivity index (χ0) is 25.9. The van der Waals surface area contributed by atoms with Gasteiger partial charge >= 0.3 is 0 Å². The summed E-state index contributed by atoms with van der Waals surface area (Å²) in [7, 11) is 3.16. The molecule has 188 valence electrons. The third-order valence-electron chi connectivity index (χ3n) is 6.19. The summed E-state index contributed by atoms with van der Waals surface area (Å²) in [5.41, 5.74) is 2.86. The number of carbonyl (C=O) groups is 2. The summed E-state index contributed by atoms with van der Waals surface area (Å²) in [6, 6.07) is 10.1. The molecule has 1 saturated heterocycles. The van der Waals surface area contributed by atoms with Crippen LogP contribution < -0.4 is 9.47 Å². The van der Waals surface area contributed by atoms with Gasteiger partial charge in [0, 0.05) is 12.1 Å². The van der Waals surface area contributed by atoms with Gasteiger partial charge in [0.2, 0.25) is 0 Å². The summed E-state index contributed by atoms with van der Waals surface area (Å²) in [6.45, 7) is 10.2. The van der Waals surface area contributed by atoms with Crippen LogP contribution in [0, 0.1) is 6.92 Å². The summed E-state index contributed by atoms with van der Waals surface area (Å²) >= 11 is 0. The van der Waals surface area contributed by atoms with Crippen molar-refractivity contribution in [2.24, 2.45) is 0 Å². The monoisotopic (exact) mass is 481 g/mol. The lowest BCUT2D eigenvalue weighted by Crippen LogP contribution is -2.33. The van der Waals surface area contributed by atoms with Crippen LogP contribution in [0.3, 0.4) is 0 Å². The van der Waals surface area contributed by atoms with Crippen LogP contribution in [0.2, 0.25) is 0 Å². The summed E-state index contributed by atoms with van der Waals surface area (Å²) in [5.74, 6) is -0.158. The quantitative estimate of drug-likeness (QED) is 0.309. The Morgan fingerprint density at radius 3 is 2.37 bits per heavy atom. The van der Waals surface area contributed by atoms with Crippen molar-refractivity contribution in [1.82, 2.24) is 4.90 Å². The molecule has 2 aromatic carbocycles. The molecule has 1 heterocycles. The van der Waals surface area contributed by atoms with E-state index >= 15 is 0 Å². The van der Waals surface area contributed by atoms with Crippen LogP contribution in [0.15, 0.2) is 42.0 Å². The second-order valence-corrected chi connectivity index (χ2v) is 9.25. The number of hydrogen-bond donors (Lipinski definition) is 1. The Bertz CT molecular complexity index is 1130. The second-order valence-electron chi connectivity index (χ2n) is 9.25. The van der Waals surface area contributed by atoms with Crippen molar-refractivity contribution in [3.63, 3.8) is 0 Å². The lowest BCUT2D eigenvalue weighted by molar-refractivity contribution is -0.140. The molecule has 0 saturated carbocycles. The molecule has 35 heavy (non-hydrogen) atoms. The maximum Gasteiger partial charge on any atom is 0.295 e. The Morgan fingerprint density at radius 1 is 1.06 bits per heavy atom. The molecule has 1 fully saturated rings. The Hall–Kier alpha value is -3.32. The molecule has 2 aromatic rings. The first-order chi connectivity index (χ1) is 16.6. The predicted octanol–water partition coefficient (Wildman–Crippen LogP) is 4.98. The van der Waals surface area contributed by atoms with E-state index < -0.39 is 17.7 Å². The first kappa shape index (κ1) is 26.3. The van der Waals surface area contributed by atoms with Gasteiger partial charge in [0.25, 0.3) is 11.7 Å². The van der Waals surface area contributed by atoms with Gasteiger partial charge in [-0.2, -0.15) is 0 Å². The minimum Gasteiger partial charge on any atom is -0.507 e. The molecule has 1 unspecified atom stereocenters. The fourth-order valence-electron chi connectivity index (χ4n) is 4.38. The number of methoxy groups -OCH3 is 2. The van der Waals surface area contributed by atoms with Crippen molar-refractivity contribution in [2.75, 3.05) is 27.4 Å². The number of hydrogen-bond acceptors (Lipinski definition) is 6. The number of ketones is 1. The van der Waals surface area contributed by atoms with Crippen LogP contribution in [-0.4, -0.2) is 55.2 Å². The largest absolute Gasteiger partial charge is 0.507 e. The highest BCUT2D eigenvalue weighted by Crippen LogP contribution is 2.41.